The van der Waals surface area contributed by atoms with Crippen LogP contribution in [0.5, 0.6) is 5.75 Å². The molecule has 0 spiro atoms. The minimum atomic E-state index is -0.207. The Kier molecular flexibility index (Phi) is 9.40. The zero-order valence-electron chi connectivity index (χ0n) is 17.5. The third kappa shape index (κ3) is 7.97. The van der Waals surface area contributed by atoms with E-state index in [4.69, 9.17) is 9.47 Å². The van der Waals surface area contributed by atoms with Crippen molar-refractivity contribution in [3.8, 4) is 5.75 Å². The van der Waals surface area contributed by atoms with Crippen LogP contribution in [0.4, 0.5) is 11.4 Å². The second kappa shape index (κ2) is 12.3. The van der Waals surface area contributed by atoms with Crippen molar-refractivity contribution in [1.29, 1.82) is 0 Å². The van der Waals surface area contributed by atoms with Crippen LogP contribution >= 0.6 is 0 Å². The summed E-state index contributed by atoms with van der Waals surface area (Å²) in [4.78, 5) is 24.4. The third-order valence-corrected chi connectivity index (χ3v) is 4.05. The van der Waals surface area contributed by atoms with Gasteiger partial charge in [0.1, 0.15) is 12.4 Å². The molecule has 0 fully saturated rings. The molecule has 3 N–H and O–H groups in total. The number of amides is 2. The molecule has 2 aromatic carbocycles. The molecule has 0 saturated heterocycles. The molecule has 2 rings (SSSR count). The Bertz CT molecular complexity index is 850. The molecule has 2 aromatic rings. The number of methoxy groups -OCH3 is 1. The largest absolute Gasteiger partial charge is 0.487 e. The molecule has 0 unspecified atom stereocenters. The first-order chi connectivity index (χ1) is 14.5. The normalized spacial score (nSPS) is 10.2. The van der Waals surface area contributed by atoms with Gasteiger partial charge in [-0.2, -0.15) is 0 Å². The van der Waals surface area contributed by atoms with Crippen molar-refractivity contribution in [2.24, 2.45) is 0 Å². The second-order valence-electron chi connectivity index (χ2n) is 6.82. The van der Waals surface area contributed by atoms with Crippen LogP contribution in [0.25, 0.3) is 0 Å². The molecule has 0 aliphatic rings. The lowest BCUT2D eigenvalue weighted by atomic mass is 10.2. The number of ether oxygens (including phenoxy) is 2. The van der Waals surface area contributed by atoms with Crippen molar-refractivity contribution >= 4 is 23.2 Å². The van der Waals surface area contributed by atoms with Gasteiger partial charge in [-0.15, -0.1) is 0 Å². The molecule has 0 aliphatic carbocycles. The molecular formula is C23H29N3O4. The van der Waals surface area contributed by atoms with Gasteiger partial charge < -0.3 is 25.4 Å². The van der Waals surface area contributed by atoms with Crippen molar-refractivity contribution in [2.75, 3.05) is 44.0 Å². The molecule has 0 atom stereocenters. The number of benzene rings is 2. The van der Waals surface area contributed by atoms with Crippen molar-refractivity contribution in [2.45, 2.75) is 13.3 Å². The maximum atomic E-state index is 12.3. The van der Waals surface area contributed by atoms with E-state index in [1.54, 1.807) is 43.5 Å². The molecule has 0 heterocycles. The first-order valence-electron chi connectivity index (χ1n) is 9.76. The fourth-order valence-electron chi connectivity index (χ4n) is 2.53. The average Bonchev–Trinajstić information content (AvgIpc) is 2.75. The molecule has 0 radical (unpaired) electrons. The van der Waals surface area contributed by atoms with Crippen LogP contribution in [-0.4, -0.2) is 45.2 Å². The summed E-state index contributed by atoms with van der Waals surface area (Å²) < 4.78 is 10.6. The first kappa shape index (κ1) is 23.0. The van der Waals surface area contributed by atoms with Crippen molar-refractivity contribution in [3.05, 3.63) is 66.2 Å². The number of anilines is 2. The lowest BCUT2D eigenvalue weighted by Gasteiger charge is -2.13. The quantitative estimate of drug-likeness (QED) is 0.368. The minimum absolute atomic E-state index is 0.0807. The van der Waals surface area contributed by atoms with Gasteiger partial charge in [0, 0.05) is 31.5 Å². The Balaban J connectivity index is 1.82. The van der Waals surface area contributed by atoms with E-state index in [0.29, 0.717) is 36.8 Å². The van der Waals surface area contributed by atoms with Crippen LogP contribution in [0, 0.1) is 0 Å². The van der Waals surface area contributed by atoms with Gasteiger partial charge in [-0.3, -0.25) is 9.59 Å². The van der Waals surface area contributed by atoms with Crippen LogP contribution < -0.4 is 20.7 Å². The molecule has 2 amide bonds. The average molecular weight is 412 g/mol. The third-order valence-electron chi connectivity index (χ3n) is 4.05. The summed E-state index contributed by atoms with van der Waals surface area (Å²) in [7, 11) is 1.63. The van der Waals surface area contributed by atoms with E-state index in [1.165, 1.54) is 0 Å². The van der Waals surface area contributed by atoms with E-state index in [2.05, 4.69) is 22.5 Å². The summed E-state index contributed by atoms with van der Waals surface area (Å²) in [5.74, 6) is 0.248. The monoisotopic (exact) mass is 411 g/mol. The van der Waals surface area contributed by atoms with Gasteiger partial charge in [-0.25, -0.2) is 0 Å². The highest BCUT2D eigenvalue weighted by Gasteiger charge is 2.09. The van der Waals surface area contributed by atoms with Gasteiger partial charge in [0.05, 0.1) is 12.2 Å². The van der Waals surface area contributed by atoms with Crippen molar-refractivity contribution in [1.82, 2.24) is 5.32 Å². The second-order valence-corrected chi connectivity index (χ2v) is 6.82. The standard InChI is InChI=1S/C23H29N3O4/c1-17(2)16-30-21-8-5-4-7-20(21)26-22(27)15-25-19-11-9-18(10-12-19)23(28)24-13-6-14-29-3/h4-5,7-12,25H,1,6,13-16H2,2-3H3,(H,24,28)(H,26,27). The van der Waals surface area contributed by atoms with Crippen LogP contribution in [0.2, 0.25) is 0 Å². The van der Waals surface area contributed by atoms with Crippen LogP contribution in [-0.2, 0) is 9.53 Å². The highest BCUT2D eigenvalue weighted by molar-refractivity contribution is 5.96. The number of rotatable bonds is 12. The van der Waals surface area contributed by atoms with Crippen LogP contribution in [0.15, 0.2) is 60.7 Å². The topological polar surface area (TPSA) is 88.7 Å². The maximum absolute atomic E-state index is 12.3. The first-order valence-corrected chi connectivity index (χ1v) is 9.76. The Morgan fingerprint density at radius 1 is 1.07 bits per heavy atom. The van der Waals surface area contributed by atoms with Gasteiger partial charge >= 0.3 is 0 Å². The summed E-state index contributed by atoms with van der Waals surface area (Å²) in [6, 6.07) is 14.2. The predicted octanol–water partition coefficient (Wildman–Crippen LogP) is 3.46. The molecule has 30 heavy (non-hydrogen) atoms. The summed E-state index contributed by atoms with van der Waals surface area (Å²) >= 11 is 0. The van der Waals surface area contributed by atoms with E-state index in [1.807, 2.05) is 19.1 Å². The number of nitrogens with one attached hydrogen (secondary N) is 3. The highest BCUT2D eigenvalue weighted by atomic mass is 16.5. The molecule has 0 saturated carbocycles. The fraction of sp³-hybridized carbons (Fsp3) is 0.304. The number of hydrogen-bond acceptors (Lipinski definition) is 5. The molecule has 0 aromatic heterocycles. The van der Waals surface area contributed by atoms with E-state index in [0.717, 1.165) is 17.7 Å². The lowest BCUT2D eigenvalue weighted by molar-refractivity contribution is -0.114. The molecule has 0 bridgehead atoms. The molecule has 7 heteroatoms. The smallest absolute Gasteiger partial charge is 0.251 e. The predicted molar refractivity (Wildman–Crippen MR) is 119 cm³/mol. The van der Waals surface area contributed by atoms with Crippen molar-refractivity contribution in [3.63, 3.8) is 0 Å². The summed E-state index contributed by atoms with van der Waals surface area (Å²) in [5.41, 5.74) is 2.80. The number of hydrogen-bond donors (Lipinski definition) is 3. The van der Waals surface area contributed by atoms with E-state index < -0.39 is 0 Å². The Morgan fingerprint density at radius 3 is 2.50 bits per heavy atom. The van der Waals surface area contributed by atoms with Gasteiger partial charge in [0.2, 0.25) is 5.91 Å². The van der Waals surface area contributed by atoms with Crippen molar-refractivity contribution < 1.29 is 19.1 Å². The van der Waals surface area contributed by atoms with Gasteiger partial charge in [-0.05, 0) is 55.3 Å². The van der Waals surface area contributed by atoms with Gasteiger partial charge in [0.25, 0.3) is 5.91 Å². The summed E-state index contributed by atoms with van der Waals surface area (Å²) in [6.07, 6.45) is 0.762. The fourth-order valence-corrected chi connectivity index (χ4v) is 2.53. The highest BCUT2D eigenvalue weighted by Crippen LogP contribution is 2.24. The number of carbonyl (C=O) groups is 2. The Hall–Kier alpha value is -3.32. The summed E-state index contributed by atoms with van der Waals surface area (Å²) in [5, 5.41) is 8.71. The Morgan fingerprint density at radius 2 is 1.80 bits per heavy atom. The zero-order valence-corrected chi connectivity index (χ0v) is 17.5. The van der Waals surface area contributed by atoms with E-state index in [-0.39, 0.29) is 18.4 Å². The number of carbonyl (C=O) groups excluding carboxylic acids is 2. The Labute approximate surface area is 177 Å². The summed E-state index contributed by atoms with van der Waals surface area (Å²) in [6.45, 7) is 7.32. The van der Waals surface area contributed by atoms with Gasteiger partial charge in [-0.1, -0.05) is 18.7 Å². The van der Waals surface area contributed by atoms with Crippen LogP contribution in [0.1, 0.15) is 23.7 Å². The molecule has 160 valence electrons. The van der Waals surface area contributed by atoms with Gasteiger partial charge in [0.15, 0.2) is 0 Å². The zero-order chi connectivity index (χ0) is 21.8. The molecule has 0 aliphatic heterocycles. The lowest BCUT2D eigenvalue weighted by Crippen LogP contribution is -2.25. The van der Waals surface area contributed by atoms with E-state index in [9.17, 15) is 9.59 Å². The van der Waals surface area contributed by atoms with Crippen LogP contribution in [0.3, 0.4) is 0 Å². The number of para-hydroxylation sites is 2. The minimum Gasteiger partial charge on any atom is -0.487 e. The SMILES string of the molecule is C=C(C)COc1ccccc1NC(=O)CNc1ccc(C(=O)NCCCOC)cc1. The van der Waals surface area contributed by atoms with E-state index >= 15 is 0 Å². The molecule has 7 nitrogen and oxygen atoms in total. The maximum Gasteiger partial charge on any atom is 0.251 e. The molecular weight excluding hydrogens is 382 g/mol.